The number of carbonyl (C=O) groups is 3. The Morgan fingerprint density at radius 2 is 1.82 bits per heavy atom. The van der Waals surface area contributed by atoms with E-state index >= 15 is 0 Å². The van der Waals surface area contributed by atoms with E-state index in [0.29, 0.717) is 29.9 Å². The van der Waals surface area contributed by atoms with Crippen LogP contribution in [0.25, 0.3) is 0 Å². The smallest absolute Gasteiger partial charge is 0.257 e. The van der Waals surface area contributed by atoms with Crippen LogP contribution >= 0.6 is 0 Å². The Kier molecular flexibility index (Phi) is 9.82. The van der Waals surface area contributed by atoms with Crippen molar-refractivity contribution in [2.45, 2.75) is 26.0 Å². The summed E-state index contributed by atoms with van der Waals surface area (Å²) in [6, 6.07) is 9.72. The van der Waals surface area contributed by atoms with E-state index in [1.54, 1.807) is 42.2 Å². The number of fused-ring (bicyclic) bond motifs is 1. The Morgan fingerprint density at radius 1 is 1.13 bits per heavy atom. The van der Waals surface area contributed by atoms with Crippen LogP contribution in [0.15, 0.2) is 42.5 Å². The van der Waals surface area contributed by atoms with Gasteiger partial charge in [-0.2, -0.15) is 0 Å². The first-order valence-corrected chi connectivity index (χ1v) is 12.6. The lowest BCUT2D eigenvalue weighted by molar-refractivity contribution is -0.136. The van der Waals surface area contributed by atoms with Gasteiger partial charge in [0.15, 0.2) is 0 Å². The van der Waals surface area contributed by atoms with Gasteiger partial charge in [-0.1, -0.05) is 6.92 Å². The first-order chi connectivity index (χ1) is 18.0. The number of anilines is 1. The maximum Gasteiger partial charge on any atom is 0.257 e. The fourth-order valence-electron chi connectivity index (χ4n) is 4.36. The van der Waals surface area contributed by atoms with E-state index in [4.69, 9.17) is 9.47 Å². The van der Waals surface area contributed by atoms with Crippen LogP contribution in [0.1, 0.15) is 34.6 Å². The number of rotatable bonds is 5. The van der Waals surface area contributed by atoms with Crippen molar-refractivity contribution in [3.8, 4) is 5.75 Å². The minimum Gasteiger partial charge on any atom is -0.491 e. The number of ether oxygens (including phenoxy) is 2. The highest BCUT2D eigenvalue weighted by atomic mass is 19.1. The van der Waals surface area contributed by atoms with Crippen molar-refractivity contribution in [1.82, 2.24) is 14.7 Å². The number of nitrogens with one attached hydrogen (secondary N) is 1. The molecule has 2 aromatic rings. The third-order valence-corrected chi connectivity index (χ3v) is 6.58. The predicted octanol–water partition coefficient (Wildman–Crippen LogP) is 2.97. The fourth-order valence-corrected chi connectivity index (χ4v) is 4.36. The van der Waals surface area contributed by atoms with Gasteiger partial charge in [-0.05, 0) is 57.4 Å². The number of nitrogens with zero attached hydrogens (tertiary/aromatic N) is 3. The van der Waals surface area contributed by atoms with Crippen LogP contribution in [0.4, 0.5) is 10.1 Å². The van der Waals surface area contributed by atoms with Gasteiger partial charge in [0.05, 0.1) is 24.3 Å². The van der Waals surface area contributed by atoms with E-state index in [-0.39, 0.29) is 48.8 Å². The van der Waals surface area contributed by atoms with Gasteiger partial charge in [0.2, 0.25) is 5.91 Å². The lowest BCUT2D eigenvalue weighted by Crippen LogP contribution is -2.50. The van der Waals surface area contributed by atoms with Crippen LogP contribution in [0, 0.1) is 11.7 Å². The summed E-state index contributed by atoms with van der Waals surface area (Å²) in [6.45, 7) is 5.07. The summed E-state index contributed by atoms with van der Waals surface area (Å²) in [5.74, 6) is -0.892. The maximum absolute atomic E-state index is 13.4. The highest BCUT2D eigenvalue weighted by Gasteiger charge is 2.30. The number of carbonyl (C=O) groups excluding carboxylic acids is 3. The minimum atomic E-state index is -0.435. The Morgan fingerprint density at radius 3 is 2.45 bits per heavy atom. The second kappa shape index (κ2) is 12.8. The van der Waals surface area contributed by atoms with Crippen molar-refractivity contribution < 1.29 is 28.2 Å². The second-order valence-electron chi connectivity index (χ2n) is 10.1. The molecular weight excluding hydrogens is 491 g/mol. The normalized spacial score (nSPS) is 20.7. The molecule has 1 N–H and O–H groups in total. The fraction of sp³-hybridized carbons (Fsp3) is 0.464. The van der Waals surface area contributed by atoms with E-state index in [9.17, 15) is 18.8 Å². The van der Waals surface area contributed by atoms with Crippen molar-refractivity contribution in [1.29, 1.82) is 0 Å². The van der Waals surface area contributed by atoms with Crippen LogP contribution in [0.3, 0.4) is 0 Å². The number of likely N-dealkylation sites (N-methyl/N-ethyl adjacent to an activating group) is 2. The molecule has 9 nitrogen and oxygen atoms in total. The molecule has 2 aromatic carbocycles. The molecule has 3 amide bonds. The summed E-state index contributed by atoms with van der Waals surface area (Å²) in [4.78, 5) is 44.3. The van der Waals surface area contributed by atoms with Gasteiger partial charge < -0.3 is 29.5 Å². The van der Waals surface area contributed by atoms with Gasteiger partial charge in [-0.25, -0.2) is 4.39 Å². The number of benzene rings is 2. The van der Waals surface area contributed by atoms with Crippen molar-refractivity contribution in [2.24, 2.45) is 5.92 Å². The average molecular weight is 529 g/mol. The Labute approximate surface area is 223 Å². The molecule has 0 aromatic heterocycles. The first-order valence-electron chi connectivity index (χ1n) is 12.6. The van der Waals surface area contributed by atoms with Gasteiger partial charge in [0.25, 0.3) is 11.8 Å². The third-order valence-electron chi connectivity index (χ3n) is 6.58. The summed E-state index contributed by atoms with van der Waals surface area (Å²) in [5, 5.41) is 2.77. The molecule has 0 saturated heterocycles. The number of amides is 3. The zero-order chi connectivity index (χ0) is 28.0. The van der Waals surface area contributed by atoms with Crippen molar-refractivity contribution in [3.05, 3.63) is 59.4 Å². The van der Waals surface area contributed by atoms with Crippen molar-refractivity contribution >= 4 is 23.4 Å². The molecule has 1 aliphatic heterocycles. The van der Waals surface area contributed by atoms with Crippen molar-refractivity contribution in [2.75, 3.05) is 59.8 Å². The highest BCUT2D eigenvalue weighted by Crippen LogP contribution is 2.27. The topological polar surface area (TPSA) is 91.4 Å². The number of hydrogen-bond donors (Lipinski definition) is 1. The summed E-state index contributed by atoms with van der Waals surface area (Å²) < 4.78 is 25.1. The third kappa shape index (κ3) is 7.29. The predicted molar refractivity (Wildman–Crippen MR) is 143 cm³/mol. The monoisotopic (exact) mass is 528 g/mol. The molecule has 38 heavy (non-hydrogen) atoms. The Hall–Kier alpha value is -3.50. The van der Waals surface area contributed by atoms with Gasteiger partial charge in [-0.15, -0.1) is 0 Å². The van der Waals surface area contributed by atoms with Crippen LogP contribution < -0.4 is 10.1 Å². The SMILES string of the molecule is CO[C@@H]1CN(C)C(=O)c2ccc(NC(=O)c3ccc(F)cc3)cc2OC[C@H](C)N(C(=O)CN(C)C)C[C@H]1C. The maximum atomic E-state index is 13.4. The largest absolute Gasteiger partial charge is 0.491 e. The van der Waals surface area contributed by atoms with Crippen LogP contribution in [0.2, 0.25) is 0 Å². The van der Waals surface area contributed by atoms with E-state index in [0.717, 1.165) is 0 Å². The molecular formula is C28H37FN4O5. The van der Waals surface area contributed by atoms with Gasteiger partial charge in [0.1, 0.15) is 18.2 Å². The molecule has 0 unspecified atom stereocenters. The summed E-state index contributed by atoms with van der Waals surface area (Å²) in [5.41, 5.74) is 1.03. The molecule has 0 saturated carbocycles. The Balaban J connectivity index is 1.93. The molecule has 0 spiro atoms. The number of hydrogen-bond acceptors (Lipinski definition) is 6. The minimum absolute atomic E-state index is 0.0326. The second-order valence-corrected chi connectivity index (χ2v) is 10.1. The molecule has 10 heteroatoms. The Bertz CT molecular complexity index is 1140. The highest BCUT2D eigenvalue weighted by molar-refractivity contribution is 6.05. The molecule has 206 valence electrons. The lowest BCUT2D eigenvalue weighted by Gasteiger charge is -2.36. The van der Waals surface area contributed by atoms with Crippen LogP contribution in [0.5, 0.6) is 5.75 Å². The number of methoxy groups -OCH3 is 1. The van der Waals surface area contributed by atoms with Gasteiger partial charge in [-0.3, -0.25) is 14.4 Å². The van der Waals surface area contributed by atoms with Crippen LogP contribution in [-0.4, -0.2) is 99.1 Å². The van der Waals surface area contributed by atoms with Crippen molar-refractivity contribution in [3.63, 3.8) is 0 Å². The van der Waals surface area contributed by atoms with E-state index in [1.165, 1.54) is 24.3 Å². The summed E-state index contributed by atoms with van der Waals surface area (Å²) >= 11 is 0. The zero-order valence-corrected chi connectivity index (χ0v) is 22.9. The van der Waals surface area contributed by atoms with E-state index in [2.05, 4.69) is 5.32 Å². The molecule has 0 aliphatic carbocycles. The molecule has 0 fully saturated rings. The quantitative estimate of drug-likeness (QED) is 0.642. The van der Waals surface area contributed by atoms with E-state index in [1.807, 2.05) is 32.8 Å². The van der Waals surface area contributed by atoms with Gasteiger partial charge in [0, 0.05) is 50.5 Å². The van der Waals surface area contributed by atoms with E-state index < -0.39 is 11.7 Å². The average Bonchev–Trinajstić information content (AvgIpc) is 2.87. The standard InChI is InChI=1S/C28H37FN4O5/c1-18-14-33(26(34)16-31(3)4)19(2)17-38-24-13-22(30-27(35)20-7-9-21(29)10-8-20)11-12-23(24)28(36)32(5)15-25(18)37-6/h7-13,18-19,25H,14-17H2,1-6H3,(H,30,35)/t18-,19+,25-/m1/s1. The molecule has 0 bridgehead atoms. The lowest BCUT2D eigenvalue weighted by atomic mass is 10.0. The molecule has 1 aliphatic rings. The molecule has 3 atom stereocenters. The molecule has 0 radical (unpaired) electrons. The first kappa shape index (κ1) is 29.1. The molecule has 3 rings (SSSR count). The number of halogens is 1. The summed E-state index contributed by atoms with van der Waals surface area (Å²) in [6.07, 6.45) is -0.288. The molecule has 1 heterocycles. The van der Waals surface area contributed by atoms with Crippen LogP contribution in [-0.2, 0) is 9.53 Å². The van der Waals surface area contributed by atoms with Gasteiger partial charge >= 0.3 is 0 Å². The zero-order valence-electron chi connectivity index (χ0n) is 22.9. The summed E-state index contributed by atoms with van der Waals surface area (Å²) in [7, 11) is 6.98.